The molecule has 0 radical (unpaired) electrons. The Morgan fingerprint density at radius 1 is 1.45 bits per heavy atom. The summed E-state index contributed by atoms with van der Waals surface area (Å²) in [5.74, 6) is 0.981. The second kappa shape index (κ2) is 5.03. The minimum Gasteiger partial charge on any atom is -0.123 e. The Balaban J connectivity index is 1.95. The molecule has 0 aromatic carbocycles. The van der Waals surface area contributed by atoms with E-state index >= 15 is 0 Å². The number of unbranched alkanes of at least 4 members (excludes halogenated alkanes) is 1. The highest BCUT2D eigenvalue weighted by molar-refractivity contribution is 6.20. The molecule has 0 aromatic rings. The van der Waals surface area contributed by atoms with Gasteiger partial charge in [0.05, 0.1) is 0 Å². The van der Waals surface area contributed by atoms with Crippen molar-refractivity contribution in [3.05, 3.63) is 0 Å². The van der Waals surface area contributed by atoms with Gasteiger partial charge in [-0.3, -0.25) is 0 Å². The standard InChI is InChI=1S/C10H19Cl/c1-2-3-7-10(11)8-9-5-4-6-9/h9-10H,2-8H2,1H3. The van der Waals surface area contributed by atoms with Crippen LogP contribution in [0.15, 0.2) is 0 Å². The molecule has 1 unspecified atom stereocenters. The van der Waals surface area contributed by atoms with E-state index in [1.807, 2.05) is 0 Å². The molecule has 1 atom stereocenters. The minimum absolute atomic E-state index is 0.472. The largest absolute Gasteiger partial charge is 0.123 e. The molecule has 1 heteroatoms. The van der Waals surface area contributed by atoms with Gasteiger partial charge in [-0.25, -0.2) is 0 Å². The number of alkyl halides is 1. The van der Waals surface area contributed by atoms with Crippen molar-refractivity contribution in [3.8, 4) is 0 Å². The van der Waals surface area contributed by atoms with Crippen molar-refractivity contribution >= 4 is 11.6 Å². The van der Waals surface area contributed by atoms with Crippen molar-refractivity contribution in [1.29, 1.82) is 0 Å². The molecule has 0 spiro atoms. The summed E-state index contributed by atoms with van der Waals surface area (Å²) in [4.78, 5) is 0. The molecule has 66 valence electrons. The van der Waals surface area contributed by atoms with E-state index in [9.17, 15) is 0 Å². The molecule has 11 heavy (non-hydrogen) atoms. The molecule has 1 fully saturated rings. The van der Waals surface area contributed by atoms with Gasteiger partial charge in [0.15, 0.2) is 0 Å². The van der Waals surface area contributed by atoms with Gasteiger partial charge in [-0.2, -0.15) is 0 Å². The van der Waals surface area contributed by atoms with Crippen molar-refractivity contribution in [2.45, 2.75) is 57.2 Å². The predicted octanol–water partition coefficient (Wildman–Crippen LogP) is 3.97. The van der Waals surface area contributed by atoms with Crippen molar-refractivity contribution in [2.24, 2.45) is 5.92 Å². The highest BCUT2D eigenvalue weighted by Gasteiger charge is 2.20. The van der Waals surface area contributed by atoms with E-state index in [4.69, 9.17) is 11.6 Å². The van der Waals surface area contributed by atoms with E-state index in [2.05, 4.69) is 6.92 Å². The van der Waals surface area contributed by atoms with Gasteiger partial charge in [0.2, 0.25) is 0 Å². The zero-order chi connectivity index (χ0) is 8.10. The van der Waals surface area contributed by atoms with E-state index in [1.165, 1.54) is 44.9 Å². The Kier molecular flexibility index (Phi) is 4.29. The highest BCUT2D eigenvalue weighted by Crippen LogP contribution is 2.32. The first kappa shape index (κ1) is 9.38. The summed E-state index contributed by atoms with van der Waals surface area (Å²) in [5.41, 5.74) is 0. The number of rotatable bonds is 5. The van der Waals surface area contributed by atoms with Crippen LogP contribution < -0.4 is 0 Å². The summed E-state index contributed by atoms with van der Waals surface area (Å²) in [6, 6.07) is 0. The van der Waals surface area contributed by atoms with Crippen molar-refractivity contribution in [1.82, 2.24) is 0 Å². The highest BCUT2D eigenvalue weighted by atomic mass is 35.5. The summed E-state index contributed by atoms with van der Waals surface area (Å²) < 4.78 is 0. The van der Waals surface area contributed by atoms with Gasteiger partial charge in [0, 0.05) is 5.38 Å². The fourth-order valence-electron chi connectivity index (χ4n) is 1.63. The SMILES string of the molecule is CCCCC(Cl)CC1CCC1. The fourth-order valence-corrected chi connectivity index (χ4v) is 2.04. The molecule has 0 aromatic heterocycles. The van der Waals surface area contributed by atoms with Crippen LogP contribution in [0.3, 0.4) is 0 Å². The topological polar surface area (TPSA) is 0 Å². The lowest BCUT2D eigenvalue weighted by Crippen LogP contribution is -2.15. The van der Waals surface area contributed by atoms with E-state index in [1.54, 1.807) is 0 Å². The average molecular weight is 175 g/mol. The molecular weight excluding hydrogens is 156 g/mol. The average Bonchev–Trinajstić information content (AvgIpc) is 1.93. The first-order valence-electron chi connectivity index (χ1n) is 4.97. The molecule has 0 heterocycles. The van der Waals surface area contributed by atoms with Crippen molar-refractivity contribution in [3.63, 3.8) is 0 Å². The molecule has 0 aliphatic heterocycles. The summed E-state index contributed by atoms with van der Waals surface area (Å²) in [6.45, 7) is 2.23. The van der Waals surface area contributed by atoms with E-state index in [-0.39, 0.29) is 0 Å². The predicted molar refractivity (Wildman–Crippen MR) is 51.1 cm³/mol. The van der Waals surface area contributed by atoms with Crippen LogP contribution in [-0.4, -0.2) is 5.38 Å². The van der Waals surface area contributed by atoms with Crippen LogP contribution in [0.2, 0.25) is 0 Å². The Hall–Kier alpha value is 0.290. The molecule has 1 aliphatic carbocycles. The first-order valence-corrected chi connectivity index (χ1v) is 5.40. The third kappa shape index (κ3) is 3.46. The maximum Gasteiger partial charge on any atom is 0.0338 e. The number of hydrogen-bond donors (Lipinski definition) is 0. The van der Waals surface area contributed by atoms with Gasteiger partial charge in [-0.05, 0) is 18.8 Å². The second-order valence-electron chi connectivity index (χ2n) is 3.77. The summed E-state index contributed by atoms with van der Waals surface area (Å²) in [5, 5.41) is 0.472. The molecule has 0 N–H and O–H groups in total. The summed E-state index contributed by atoms with van der Waals surface area (Å²) >= 11 is 6.17. The lowest BCUT2D eigenvalue weighted by molar-refractivity contribution is 0.289. The van der Waals surface area contributed by atoms with E-state index in [0.29, 0.717) is 5.38 Å². The molecule has 1 rings (SSSR count). The molecule has 0 saturated heterocycles. The summed E-state index contributed by atoms with van der Waals surface area (Å²) in [7, 11) is 0. The van der Waals surface area contributed by atoms with Gasteiger partial charge in [0.1, 0.15) is 0 Å². The Bertz CT molecular complexity index is 97.0. The fraction of sp³-hybridized carbons (Fsp3) is 1.00. The second-order valence-corrected chi connectivity index (χ2v) is 4.39. The van der Waals surface area contributed by atoms with Gasteiger partial charge in [0.25, 0.3) is 0 Å². The number of halogens is 1. The van der Waals surface area contributed by atoms with Gasteiger partial charge < -0.3 is 0 Å². The Morgan fingerprint density at radius 2 is 2.18 bits per heavy atom. The van der Waals surface area contributed by atoms with Crippen LogP contribution in [0.4, 0.5) is 0 Å². The smallest absolute Gasteiger partial charge is 0.0338 e. The van der Waals surface area contributed by atoms with Crippen LogP contribution >= 0.6 is 11.6 Å². The third-order valence-corrected chi connectivity index (χ3v) is 3.08. The summed E-state index contributed by atoms with van der Waals surface area (Å²) in [6.07, 6.45) is 9.43. The van der Waals surface area contributed by atoms with Crippen molar-refractivity contribution in [2.75, 3.05) is 0 Å². The number of hydrogen-bond acceptors (Lipinski definition) is 0. The van der Waals surface area contributed by atoms with E-state index in [0.717, 1.165) is 5.92 Å². The van der Waals surface area contributed by atoms with Crippen LogP contribution in [-0.2, 0) is 0 Å². The normalized spacial score (nSPS) is 21.3. The maximum atomic E-state index is 6.17. The molecule has 1 aliphatic rings. The molecular formula is C10H19Cl. The quantitative estimate of drug-likeness (QED) is 0.554. The Labute approximate surface area is 75.3 Å². The zero-order valence-corrected chi connectivity index (χ0v) is 8.24. The van der Waals surface area contributed by atoms with Crippen LogP contribution in [0, 0.1) is 5.92 Å². The zero-order valence-electron chi connectivity index (χ0n) is 7.48. The van der Waals surface area contributed by atoms with Gasteiger partial charge >= 0.3 is 0 Å². The van der Waals surface area contributed by atoms with Gasteiger partial charge in [-0.15, -0.1) is 11.6 Å². The third-order valence-electron chi connectivity index (χ3n) is 2.68. The van der Waals surface area contributed by atoms with Crippen LogP contribution in [0.5, 0.6) is 0 Å². The van der Waals surface area contributed by atoms with Crippen LogP contribution in [0.25, 0.3) is 0 Å². The molecule has 0 amide bonds. The lowest BCUT2D eigenvalue weighted by atomic mass is 9.81. The Morgan fingerprint density at radius 3 is 2.64 bits per heavy atom. The minimum atomic E-state index is 0.472. The molecule has 1 saturated carbocycles. The first-order chi connectivity index (χ1) is 5.33. The van der Waals surface area contributed by atoms with E-state index < -0.39 is 0 Å². The molecule has 0 nitrogen and oxygen atoms in total. The van der Waals surface area contributed by atoms with Crippen LogP contribution in [0.1, 0.15) is 51.9 Å². The van der Waals surface area contributed by atoms with Gasteiger partial charge in [-0.1, -0.05) is 39.0 Å². The maximum absolute atomic E-state index is 6.17. The monoisotopic (exact) mass is 174 g/mol. The van der Waals surface area contributed by atoms with Crippen molar-refractivity contribution < 1.29 is 0 Å². The lowest BCUT2D eigenvalue weighted by Gasteiger charge is -2.27. The molecule has 0 bridgehead atoms.